The van der Waals surface area contributed by atoms with Crippen molar-refractivity contribution >= 4 is 22.9 Å². The van der Waals surface area contributed by atoms with Gasteiger partial charge < -0.3 is 25.5 Å². The third-order valence-electron chi connectivity index (χ3n) is 2.49. The number of nitrogens with one attached hydrogen (secondary N) is 1. The van der Waals surface area contributed by atoms with Crippen molar-refractivity contribution in [2.75, 3.05) is 37.9 Å². The molecule has 2 rings (SSSR count). The summed E-state index contributed by atoms with van der Waals surface area (Å²) in [6.07, 6.45) is 0.927. The Balaban J connectivity index is 2.26. The molecule has 0 bridgehead atoms. The topological polar surface area (TPSA) is 113 Å². The van der Waals surface area contributed by atoms with E-state index in [1.807, 2.05) is 0 Å². The maximum absolute atomic E-state index is 9.71. The Labute approximate surface area is 104 Å². The molecule has 2 heterocycles. The van der Waals surface area contributed by atoms with Crippen LogP contribution in [0.3, 0.4) is 0 Å². The van der Waals surface area contributed by atoms with Gasteiger partial charge in [0, 0.05) is 20.7 Å². The lowest BCUT2D eigenvalue weighted by molar-refractivity contribution is 0.0694. The van der Waals surface area contributed by atoms with E-state index in [1.54, 1.807) is 19.1 Å². The van der Waals surface area contributed by atoms with Gasteiger partial charge in [-0.15, -0.1) is 0 Å². The van der Waals surface area contributed by atoms with E-state index in [0.29, 0.717) is 23.5 Å². The molecule has 2 aromatic heterocycles. The number of anilines is 2. The van der Waals surface area contributed by atoms with E-state index in [1.165, 1.54) is 6.33 Å². The molecule has 0 amide bonds. The third-order valence-corrected chi connectivity index (χ3v) is 2.49. The van der Waals surface area contributed by atoms with Gasteiger partial charge in [0.1, 0.15) is 5.52 Å². The maximum Gasteiger partial charge on any atom is 0.224 e. The van der Waals surface area contributed by atoms with E-state index in [0.717, 1.165) is 0 Å². The van der Waals surface area contributed by atoms with Gasteiger partial charge in [0.05, 0.1) is 19.0 Å². The quantitative estimate of drug-likeness (QED) is 0.649. The Hall–Kier alpha value is -1.93. The summed E-state index contributed by atoms with van der Waals surface area (Å²) < 4.78 is 4.88. The van der Waals surface area contributed by atoms with Crippen LogP contribution >= 0.6 is 0 Å². The SMILES string of the molecule is COCC(O)CN(C)c1nc(N)nc2nc[nH]c12. The predicted molar refractivity (Wildman–Crippen MR) is 67.2 cm³/mol. The molecule has 0 fully saturated rings. The summed E-state index contributed by atoms with van der Waals surface area (Å²) >= 11 is 0. The molecule has 2 aromatic rings. The smallest absolute Gasteiger partial charge is 0.224 e. The van der Waals surface area contributed by atoms with Crippen LogP contribution in [0.15, 0.2) is 6.33 Å². The molecule has 18 heavy (non-hydrogen) atoms. The highest BCUT2D eigenvalue weighted by Gasteiger charge is 2.15. The molecule has 8 nitrogen and oxygen atoms in total. The zero-order chi connectivity index (χ0) is 13.1. The minimum absolute atomic E-state index is 0.151. The normalized spacial score (nSPS) is 12.8. The first-order valence-electron chi connectivity index (χ1n) is 5.46. The van der Waals surface area contributed by atoms with Gasteiger partial charge in [-0.2, -0.15) is 9.97 Å². The van der Waals surface area contributed by atoms with Crippen molar-refractivity contribution in [1.29, 1.82) is 0 Å². The molecule has 0 aliphatic carbocycles. The zero-order valence-electron chi connectivity index (χ0n) is 10.3. The second kappa shape index (κ2) is 5.15. The fraction of sp³-hybridized carbons (Fsp3) is 0.500. The highest BCUT2D eigenvalue weighted by Crippen LogP contribution is 2.20. The number of H-pyrrole nitrogens is 1. The largest absolute Gasteiger partial charge is 0.389 e. The van der Waals surface area contributed by atoms with Crippen LogP contribution in [-0.4, -0.2) is 58.5 Å². The molecule has 1 unspecified atom stereocenters. The molecular weight excluding hydrogens is 236 g/mol. The van der Waals surface area contributed by atoms with Crippen molar-refractivity contribution in [2.45, 2.75) is 6.10 Å². The lowest BCUT2D eigenvalue weighted by Crippen LogP contribution is -2.32. The number of rotatable bonds is 5. The summed E-state index contributed by atoms with van der Waals surface area (Å²) in [6, 6.07) is 0. The zero-order valence-corrected chi connectivity index (χ0v) is 10.3. The first-order chi connectivity index (χ1) is 8.61. The average molecular weight is 252 g/mol. The van der Waals surface area contributed by atoms with Gasteiger partial charge in [-0.1, -0.05) is 0 Å². The van der Waals surface area contributed by atoms with Crippen LogP contribution in [0.1, 0.15) is 0 Å². The molecule has 0 spiro atoms. The highest BCUT2D eigenvalue weighted by molar-refractivity contribution is 5.83. The molecule has 0 aliphatic heterocycles. The number of likely N-dealkylation sites (N-methyl/N-ethyl adjacent to an activating group) is 1. The van der Waals surface area contributed by atoms with Gasteiger partial charge in [0.25, 0.3) is 0 Å². The first kappa shape index (κ1) is 12.5. The molecular formula is C10H16N6O2. The lowest BCUT2D eigenvalue weighted by atomic mass is 10.3. The summed E-state index contributed by atoms with van der Waals surface area (Å²) in [7, 11) is 3.35. The number of aliphatic hydroxyl groups excluding tert-OH is 1. The summed E-state index contributed by atoms with van der Waals surface area (Å²) in [5, 5.41) is 9.71. The molecule has 4 N–H and O–H groups in total. The van der Waals surface area contributed by atoms with E-state index in [9.17, 15) is 5.11 Å². The third kappa shape index (κ3) is 2.49. The second-order valence-electron chi connectivity index (χ2n) is 4.00. The lowest BCUT2D eigenvalue weighted by Gasteiger charge is -2.21. The number of ether oxygens (including phenoxy) is 1. The van der Waals surface area contributed by atoms with Crippen LogP contribution < -0.4 is 10.6 Å². The number of fused-ring (bicyclic) bond motifs is 1. The second-order valence-corrected chi connectivity index (χ2v) is 4.00. The van der Waals surface area contributed by atoms with Crippen LogP contribution in [0.25, 0.3) is 11.2 Å². The Morgan fingerprint density at radius 2 is 2.33 bits per heavy atom. The Kier molecular flexibility index (Phi) is 3.58. The number of nitrogens with zero attached hydrogens (tertiary/aromatic N) is 4. The number of nitrogens with two attached hydrogens (primary N) is 1. The average Bonchev–Trinajstić information content (AvgIpc) is 2.75. The van der Waals surface area contributed by atoms with Gasteiger partial charge in [-0.3, -0.25) is 0 Å². The fourth-order valence-electron chi connectivity index (χ4n) is 1.76. The minimum Gasteiger partial charge on any atom is -0.389 e. The van der Waals surface area contributed by atoms with E-state index >= 15 is 0 Å². The number of aromatic amines is 1. The Bertz CT molecular complexity index is 528. The van der Waals surface area contributed by atoms with Crippen molar-refractivity contribution in [2.24, 2.45) is 0 Å². The number of methoxy groups -OCH3 is 1. The number of imidazole rings is 1. The van der Waals surface area contributed by atoms with Crippen molar-refractivity contribution in [3.63, 3.8) is 0 Å². The van der Waals surface area contributed by atoms with Crippen molar-refractivity contribution in [3.8, 4) is 0 Å². The summed E-state index contributed by atoms with van der Waals surface area (Å²) in [4.78, 5) is 16.9. The predicted octanol–water partition coefficient (Wildman–Crippen LogP) is -0.621. The van der Waals surface area contributed by atoms with Crippen molar-refractivity contribution < 1.29 is 9.84 Å². The van der Waals surface area contributed by atoms with E-state index < -0.39 is 6.10 Å². The number of nitrogen functional groups attached to an aromatic ring is 1. The maximum atomic E-state index is 9.71. The summed E-state index contributed by atoms with van der Waals surface area (Å²) in [5.41, 5.74) is 6.82. The molecule has 0 aromatic carbocycles. The molecule has 8 heteroatoms. The van der Waals surface area contributed by atoms with Crippen molar-refractivity contribution in [3.05, 3.63) is 6.33 Å². The van der Waals surface area contributed by atoms with Crippen LogP contribution in [0.5, 0.6) is 0 Å². The number of aromatic nitrogens is 4. The van der Waals surface area contributed by atoms with Crippen LogP contribution in [0, 0.1) is 0 Å². The minimum atomic E-state index is -0.603. The van der Waals surface area contributed by atoms with Crippen LogP contribution in [0.2, 0.25) is 0 Å². The van der Waals surface area contributed by atoms with Gasteiger partial charge in [-0.25, -0.2) is 4.98 Å². The molecule has 0 aliphatic rings. The fourth-order valence-corrected chi connectivity index (χ4v) is 1.76. The molecule has 0 saturated heterocycles. The van der Waals surface area contributed by atoms with E-state index in [4.69, 9.17) is 10.5 Å². The van der Waals surface area contributed by atoms with Crippen LogP contribution in [0.4, 0.5) is 11.8 Å². The number of hydrogen-bond acceptors (Lipinski definition) is 7. The monoisotopic (exact) mass is 252 g/mol. The number of aliphatic hydroxyl groups is 1. The summed E-state index contributed by atoms with van der Waals surface area (Å²) in [6.45, 7) is 0.634. The first-order valence-corrected chi connectivity index (χ1v) is 5.46. The number of hydrogen-bond donors (Lipinski definition) is 3. The molecule has 0 radical (unpaired) electrons. The Morgan fingerprint density at radius 3 is 3.06 bits per heavy atom. The van der Waals surface area contributed by atoms with Gasteiger partial charge >= 0.3 is 0 Å². The standard InChI is InChI=1S/C10H16N6O2/c1-16(3-6(17)4-18-2)9-7-8(13-5-12-7)14-10(11)15-9/h5-6,17H,3-4H2,1-2H3,(H3,11,12,13,14,15). The Morgan fingerprint density at radius 1 is 1.56 bits per heavy atom. The molecule has 1 atom stereocenters. The van der Waals surface area contributed by atoms with E-state index in [-0.39, 0.29) is 12.6 Å². The highest BCUT2D eigenvalue weighted by atomic mass is 16.5. The van der Waals surface area contributed by atoms with Crippen molar-refractivity contribution in [1.82, 2.24) is 19.9 Å². The summed E-state index contributed by atoms with van der Waals surface area (Å²) in [5.74, 6) is 0.753. The molecule has 0 saturated carbocycles. The molecule has 98 valence electrons. The van der Waals surface area contributed by atoms with Crippen LogP contribution in [-0.2, 0) is 4.74 Å². The van der Waals surface area contributed by atoms with Gasteiger partial charge in [0.15, 0.2) is 11.5 Å². The van der Waals surface area contributed by atoms with Gasteiger partial charge in [-0.05, 0) is 0 Å². The van der Waals surface area contributed by atoms with Gasteiger partial charge in [0.2, 0.25) is 5.95 Å². The van der Waals surface area contributed by atoms with E-state index in [2.05, 4.69) is 19.9 Å².